The molecule has 32 heavy (non-hydrogen) atoms. The first kappa shape index (κ1) is 19.5. The maximum Gasteiger partial charge on any atom is 0.250 e. The zero-order valence-electron chi connectivity index (χ0n) is 17.9. The molecule has 0 aliphatic carbocycles. The van der Waals surface area contributed by atoms with Crippen molar-refractivity contribution in [3.05, 3.63) is 94.3 Å². The van der Waals surface area contributed by atoms with Crippen LogP contribution in [0.1, 0.15) is 29.6 Å². The van der Waals surface area contributed by atoms with Crippen LogP contribution in [0.2, 0.25) is 0 Å². The fraction of sp³-hybridized carbons (Fsp3) is 0.296. The molecule has 162 valence electrons. The first-order valence-corrected chi connectivity index (χ1v) is 11.3. The summed E-state index contributed by atoms with van der Waals surface area (Å²) in [5, 5.41) is 11.7. The van der Waals surface area contributed by atoms with Gasteiger partial charge in [0.05, 0.1) is 6.54 Å². The van der Waals surface area contributed by atoms with Gasteiger partial charge in [-0.15, -0.1) is 0 Å². The molecule has 1 N–H and O–H groups in total. The fourth-order valence-electron chi connectivity index (χ4n) is 5.66. The SMILES string of the molecule is O=c1ccc(-c2ccc3ccccc3c2)c2n1C[C@H]1C[C@H]2CN(Cc2ccc(CO)o2)C1. The standard InChI is InChI=1S/C27H26N2O3/c30-17-24-8-7-23(32-24)16-28-13-18-11-22(15-28)27-25(9-10-26(31)29(27)14-18)21-6-5-19-3-1-2-4-20(19)12-21/h1-10,12,18,22,30H,11,13-17H2/t18-,22-/m0/s1. The number of aliphatic hydroxyl groups excluding tert-OH is 1. The number of rotatable bonds is 4. The lowest BCUT2D eigenvalue weighted by molar-refractivity contribution is 0.107. The number of fused-ring (bicyclic) bond motifs is 5. The van der Waals surface area contributed by atoms with Gasteiger partial charge in [-0.3, -0.25) is 9.69 Å². The summed E-state index contributed by atoms with van der Waals surface area (Å²) in [6.45, 7) is 3.28. The first-order chi connectivity index (χ1) is 15.7. The van der Waals surface area contributed by atoms with Crippen LogP contribution in [-0.4, -0.2) is 27.7 Å². The van der Waals surface area contributed by atoms with Gasteiger partial charge >= 0.3 is 0 Å². The average molecular weight is 427 g/mol. The van der Waals surface area contributed by atoms with Gasteiger partial charge in [0.15, 0.2) is 0 Å². The van der Waals surface area contributed by atoms with E-state index in [9.17, 15) is 9.90 Å². The lowest BCUT2D eigenvalue weighted by Crippen LogP contribution is -2.46. The summed E-state index contributed by atoms with van der Waals surface area (Å²) < 4.78 is 7.76. The molecule has 0 unspecified atom stereocenters. The third-order valence-corrected chi connectivity index (χ3v) is 6.98. The van der Waals surface area contributed by atoms with Crippen molar-refractivity contribution < 1.29 is 9.52 Å². The van der Waals surface area contributed by atoms with Crippen LogP contribution in [-0.2, 0) is 19.7 Å². The van der Waals surface area contributed by atoms with E-state index in [0.29, 0.717) is 17.6 Å². The Balaban J connectivity index is 1.37. The van der Waals surface area contributed by atoms with Gasteiger partial charge in [0.1, 0.15) is 18.1 Å². The first-order valence-electron chi connectivity index (χ1n) is 11.3. The van der Waals surface area contributed by atoms with Crippen LogP contribution in [0.4, 0.5) is 0 Å². The minimum absolute atomic E-state index is 0.0728. The molecule has 2 aliphatic heterocycles. The maximum absolute atomic E-state index is 12.8. The molecule has 2 aromatic heterocycles. The highest BCUT2D eigenvalue weighted by Gasteiger charge is 2.36. The number of hydrogen-bond donors (Lipinski definition) is 1. The Labute approximate surface area is 186 Å². The van der Waals surface area contributed by atoms with Crippen molar-refractivity contribution in [2.75, 3.05) is 13.1 Å². The molecule has 0 radical (unpaired) electrons. The normalized spacial score (nSPS) is 20.4. The van der Waals surface area contributed by atoms with E-state index in [2.05, 4.69) is 47.4 Å². The van der Waals surface area contributed by atoms with Crippen LogP contribution in [0, 0.1) is 5.92 Å². The van der Waals surface area contributed by atoms with Crippen LogP contribution in [0.25, 0.3) is 21.9 Å². The predicted molar refractivity (Wildman–Crippen MR) is 124 cm³/mol. The number of pyridine rings is 1. The lowest BCUT2D eigenvalue weighted by atomic mass is 9.80. The molecular formula is C27H26N2O3. The van der Waals surface area contributed by atoms with Crippen molar-refractivity contribution in [1.82, 2.24) is 9.47 Å². The van der Waals surface area contributed by atoms with Gasteiger partial charge in [0.25, 0.3) is 5.56 Å². The summed E-state index contributed by atoms with van der Waals surface area (Å²) in [6.07, 6.45) is 1.11. The molecule has 1 saturated heterocycles. The molecule has 0 spiro atoms. The molecule has 6 rings (SSSR count). The highest BCUT2D eigenvalue weighted by molar-refractivity contribution is 5.87. The van der Waals surface area contributed by atoms with Crippen molar-refractivity contribution in [2.45, 2.75) is 32.0 Å². The number of likely N-dealkylation sites (tertiary alicyclic amines) is 1. The van der Waals surface area contributed by atoms with Crippen molar-refractivity contribution in [3.63, 3.8) is 0 Å². The van der Waals surface area contributed by atoms with E-state index in [1.165, 1.54) is 27.6 Å². The number of furan rings is 1. The molecule has 4 heterocycles. The summed E-state index contributed by atoms with van der Waals surface area (Å²) >= 11 is 0. The highest BCUT2D eigenvalue weighted by Crippen LogP contribution is 2.40. The quantitative estimate of drug-likeness (QED) is 0.526. The minimum atomic E-state index is -0.0728. The molecule has 0 amide bonds. The Morgan fingerprint density at radius 2 is 1.75 bits per heavy atom. The number of aliphatic hydroxyl groups is 1. The van der Waals surface area contributed by atoms with Gasteiger partial charge in [-0.2, -0.15) is 0 Å². The molecule has 1 fully saturated rings. The van der Waals surface area contributed by atoms with Crippen LogP contribution in [0.15, 0.2) is 75.9 Å². The van der Waals surface area contributed by atoms with E-state index < -0.39 is 0 Å². The van der Waals surface area contributed by atoms with Crippen molar-refractivity contribution >= 4 is 10.8 Å². The van der Waals surface area contributed by atoms with E-state index >= 15 is 0 Å². The number of piperidine rings is 1. The summed E-state index contributed by atoms with van der Waals surface area (Å²) in [6, 6.07) is 22.5. The second-order valence-electron chi connectivity index (χ2n) is 9.16. The molecule has 2 aromatic carbocycles. The summed E-state index contributed by atoms with van der Waals surface area (Å²) in [5.74, 6) is 2.25. The smallest absolute Gasteiger partial charge is 0.250 e. The van der Waals surface area contributed by atoms with Crippen LogP contribution < -0.4 is 5.56 Å². The zero-order valence-corrected chi connectivity index (χ0v) is 17.9. The Hall–Kier alpha value is -3.15. The van der Waals surface area contributed by atoms with Gasteiger partial charge in [-0.1, -0.05) is 36.4 Å². The van der Waals surface area contributed by atoms with Gasteiger partial charge < -0.3 is 14.1 Å². The Morgan fingerprint density at radius 3 is 2.59 bits per heavy atom. The number of benzene rings is 2. The zero-order chi connectivity index (χ0) is 21.7. The van der Waals surface area contributed by atoms with E-state index in [4.69, 9.17) is 4.42 Å². The fourth-order valence-corrected chi connectivity index (χ4v) is 5.66. The van der Waals surface area contributed by atoms with Crippen molar-refractivity contribution in [3.8, 4) is 11.1 Å². The molecule has 5 nitrogen and oxygen atoms in total. The van der Waals surface area contributed by atoms with Gasteiger partial charge in [-0.05, 0) is 52.9 Å². The Bertz CT molecular complexity index is 1350. The summed E-state index contributed by atoms with van der Waals surface area (Å²) in [7, 11) is 0. The van der Waals surface area contributed by atoms with E-state index in [1.807, 2.05) is 22.8 Å². The predicted octanol–water partition coefficient (Wildman–Crippen LogP) is 4.37. The van der Waals surface area contributed by atoms with Crippen LogP contribution >= 0.6 is 0 Å². The maximum atomic E-state index is 12.8. The average Bonchev–Trinajstić information content (AvgIpc) is 3.27. The van der Waals surface area contributed by atoms with E-state index in [1.54, 1.807) is 6.07 Å². The van der Waals surface area contributed by atoms with Crippen LogP contribution in [0.3, 0.4) is 0 Å². The third-order valence-electron chi connectivity index (χ3n) is 6.98. The Morgan fingerprint density at radius 1 is 0.906 bits per heavy atom. The molecule has 2 aliphatic rings. The topological polar surface area (TPSA) is 58.6 Å². The lowest BCUT2D eigenvalue weighted by Gasteiger charge is -2.43. The van der Waals surface area contributed by atoms with E-state index in [0.717, 1.165) is 38.4 Å². The second kappa shape index (κ2) is 7.76. The monoisotopic (exact) mass is 426 g/mol. The van der Waals surface area contributed by atoms with E-state index in [-0.39, 0.29) is 12.2 Å². The number of nitrogens with zero attached hydrogens (tertiary/aromatic N) is 2. The molecule has 2 bridgehead atoms. The molecule has 4 aromatic rings. The third kappa shape index (κ3) is 3.38. The second-order valence-corrected chi connectivity index (χ2v) is 9.16. The number of aromatic nitrogens is 1. The van der Waals surface area contributed by atoms with Gasteiger partial charge in [0, 0.05) is 42.9 Å². The van der Waals surface area contributed by atoms with Crippen molar-refractivity contribution in [2.24, 2.45) is 5.92 Å². The molecule has 2 atom stereocenters. The molecular weight excluding hydrogens is 400 g/mol. The minimum Gasteiger partial charge on any atom is -0.462 e. The van der Waals surface area contributed by atoms with Gasteiger partial charge in [0.2, 0.25) is 0 Å². The highest BCUT2D eigenvalue weighted by atomic mass is 16.4. The van der Waals surface area contributed by atoms with Crippen LogP contribution in [0.5, 0.6) is 0 Å². The van der Waals surface area contributed by atoms with Crippen molar-refractivity contribution in [1.29, 1.82) is 0 Å². The molecule has 5 heteroatoms. The summed E-state index contributed by atoms with van der Waals surface area (Å²) in [5.41, 5.74) is 3.61. The van der Waals surface area contributed by atoms with Gasteiger partial charge in [-0.25, -0.2) is 0 Å². The number of hydrogen-bond acceptors (Lipinski definition) is 4. The largest absolute Gasteiger partial charge is 0.462 e. The Kier molecular flexibility index (Phi) is 4.74. The molecule has 0 saturated carbocycles. The summed E-state index contributed by atoms with van der Waals surface area (Å²) in [4.78, 5) is 15.2.